The Morgan fingerprint density at radius 2 is 1.10 bits per heavy atom. The fourth-order valence-corrected chi connectivity index (χ4v) is 6.84. The van der Waals surface area contributed by atoms with Crippen LogP contribution in [0.15, 0.2) is 107 Å². The van der Waals surface area contributed by atoms with Crippen LogP contribution in [-0.2, 0) is 12.8 Å². The lowest BCUT2D eigenvalue weighted by Gasteiger charge is -2.15. The average Bonchev–Trinajstić information content (AvgIpc) is 2.97. The Morgan fingerprint density at radius 3 is 1.62 bits per heavy atom. The zero-order valence-electron chi connectivity index (χ0n) is 22.0. The molecular formula is C34H30O4S2. The Labute approximate surface area is 242 Å². The predicted octanol–water partition coefficient (Wildman–Crippen LogP) is 8.84. The summed E-state index contributed by atoms with van der Waals surface area (Å²) in [6, 6.07) is 32.7. The summed E-state index contributed by atoms with van der Waals surface area (Å²) in [4.78, 5) is 26.5. The van der Waals surface area contributed by atoms with Crippen molar-refractivity contribution in [3.05, 3.63) is 119 Å². The van der Waals surface area contributed by atoms with E-state index in [2.05, 4.69) is 60.7 Å². The molecule has 0 spiro atoms. The number of carboxylic acids is 2. The minimum Gasteiger partial charge on any atom is -0.478 e. The molecule has 0 saturated carbocycles. The molecule has 5 aromatic rings. The molecule has 2 N–H and O–H groups in total. The summed E-state index contributed by atoms with van der Waals surface area (Å²) in [7, 11) is 0. The first-order valence-corrected chi connectivity index (χ1v) is 15.3. The van der Waals surface area contributed by atoms with E-state index in [1.54, 1.807) is 23.5 Å². The van der Waals surface area contributed by atoms with E-state index in [4.69, 9.17) is 0 Å². The van der Waals surface area contributed by atoms with Crippen molar-refractivity contribution in [2.45, 2.75) is 35.5 Å². The highest BCUT2D eigenvalue weighted by molar-refractivity contribution is 7.99. The van der Waals surface area contributed by atoms with Crippen molar-refractivity contribution >= 4 is 57.0 Å². The highest BCUT2D eigenvalue weighted by Crippen LogP contribution is 2.29. The van der Waals surface area contributed by atoms with Crippen molar-refractivity contribution in [2.75, 3.05) is 11.5 Å². The van der Waals surface area contributed by atoms with Crippen LogP contribution >= 0.6 is 23.5 Å². The molecule has 4 nitrogen and oxygen atoms in total. The molecular weight excluding hydrogens is 537 g/mol. The fourth-order valence-electron chi connectivity index (χ4n) is 5.04. The largest absolute Gasteiger partial charge is 0.478 e. The van der Waals surface area contributed by atoms with Crippen LogP contribution in [0.2, 0.25) is 0 Å². The molecule has 0 aliphatic carbocycles. The first kappa shape index (κ1) is 27.8. The van der Waals surface area contributed by atoms with Crippen LogP contribution in [0.1, 0.15) is 44.7 Å². The lowest BCUT2D eigenvalue weighted by Crippen LogP contribution is -2.14. The highest BCUT2D eigenvalue weighted by Gasteiger charge is 2.22. The second kappa shape index (κ2) is 13.1. The van der Waals surface area contributed by atoms with Gasteiger partial charge in [-0.15, -0.1) is 23.5 Å². The molecule has 0 fully saturated rings. The molecule has 5 aromatic carbocycles. The Kier molecular flexibility index (Phi) is 9.09. The van der Waals surface area contributed by atoms with Gasteiger partial charge in [0.2, 0.25) is 0 Å². The van der Waals surface area contributed by atoms with Gasteiger partial charge in [-0.05, 0) is 100 Å². The number of carbonyl (C=O) groups is 2. The van der Waals surface area contributed by atoms with Gasteiger partial charge in [0.25, 0.3) is 0 Å². The Balaban J connectivity index is 1.25. The summed E-state index contributed by atoms with van der Waals surface area (Å²) in [6.07, 6.45) is 2.84. The average molecular weight is 567 g/mol. The molecule has 202 valence electrons. The summed E-state index contributed by atoms with van der Waals surface area (Å²) in [5, 5.41) is 24.5. The maximum absolute atomic E-state index is 12.2. The van der Waals surface area contributed by atoms with Crippen molar-refractivity contribution in [2.24, 2.45) is 0 Å². The summed E-state index contributed by atoms with van der Waals surface area (Å²) in [6.45, 7) is 0. The molecule has 0 aromatic heterocycles. The third-order valence-electron chi connectivity index (χ3n) is 7.00. The van der Waals surface area contributed by atoms with Gasteiger partial charge in [0.05, 0.1) is 11.1 Å². The topological polar surface area (TPSA) is 74.6 Å². The molecule has 6 heteroatoms. The van der Waals surface area contributed by atoms with Gasteiger partial charge in [-0.1, -0.05) is 66.7 Å². The zero-order valence-corrected chi connectivity index (χ0v) is 23.6. The lowest BCUT2D eigenvalue weighted by molar-refractivity contribution is 0.0650. The number of rotatable bonds is 12. The molecule has 0 aliphatic heterocycles. The number of carboxylic acid groups (broad SMARTS) is 2. The van der Waals surface area contributed by atoms with E-state index in [0.717, 1.165) is 29.9 Å². The van der Waals surface area contributed by atoms with E-state index >= 15 is 0 Å². The monoisotopic (exact) mass is 566 g/mol. The maximum Gasteiger partial charge on any atom is 0.336 e. The van der Waals surface area contributed by atoms with Gasteiger partial charge in [0, 0.05) is 9.79 Å². The molecule has 0 bridgehead atoms. The fraction of sp³-hybridized carbons (Fsp3) is 0.176. The van der Waals surface area contributed by atoms with Crippen LogP contribution in [-0.4, -0.2) is 33.7 Å². The number of fused-ring (bicyclic) bond motifs is 2. The number of aromatic carboxylic acids is 2. The van der Waals surface area contributed by atoms with Crippen molar-refractivity contribution in [1.29, 1.82) is 0 Å². The number of hydrogen-bond donors (Lipinski definition) is 2. The quantitative estimate of drug-likeness (QED) is 0.116. The minimum absolute atomic E-state index is 0.0668. The third kappa shape index (κ3) is 6.69. The maximum atomic E-state index is 12.2. The van der Waals surface area contributed by atoms with Gasteiger partial charge >= 0.3 is 11.9 Å². The van der Waals surface area contributed by atoms with Gasteiger partial charge < -0.3 is 10.2 Å². The number of thioether (sulfide) groups is 2. The molecule has 0 heterocycles. The molecule has 0 radical (unpaired) electrons. The summed E-state index contributed by atoms with van der Waals surface area (Å²) < 4.78 is 0. The summed E-state index contributed by atoms with van der Waals surface area (Å²) in [5.74, 6) is -0.686. The van der Waals surface area contributed by atoms with E-state index in [1.807, 2.05) is 30.3 Å². The van der Waals surface area contributed by atoms with Crippen molar-refractivity contribution in [3.8, 4) is 0 Å². The van der Waals surface area contributed by atoms with Crippen molar-refractivity contribution in [3.63, 3.8) is 0 Å². The van der Waals surface area contributed by atoms with Crippen LogP contribution in [0.3, 0.4) is 0 Å². The standard InChI is InChI=1S/C34H30O4S2/c35-33(36)31-18-15-25(11-5-19-39-28-16-13-23-7-1-3-9-26(23)21-28)30(32(31)34(37)38)12-6-20-40-29-17-14-24-8-2-4-10-27(24)22-29/h1-4,7-10,13-18,21-22H,5-6,11-12,19-20H2,(H,35,36)(H,37,38). The molecule has 0 saturated heterocycles. The zero-order chi connectivity index (χ0) is 27.9. The van der Waals surface area contributed by atoms with E-state index in [9.17, 15) is 19.8 Å². The first-order chi connectivity index (χ1) is 19.5. The molecule has 0 unspecified atom stereocenters. The third-order valence-corrected chi connectivity index (χ3v) is 9.16. The SMILES string of the molecule is O=C(O)c1ccc(CCCSc2ccc3ccccc3c2)c(CCCSc2ccc3ccccc3c2)c1C(=O)O. The number of hydrogen-bond acceptors (Lipinski definition) is 4. The van der Waals surface area contributed by atoms with Crippen LogP contribution in [0.25, 0.3) is 21.5 Å². The smallest absolute Gasteiger partial charge is 0.336 e. The normalized spacial score (nSPS) is 11.2. The molecule has 40 heavy (non-hydrogen) atoms. The van der Waals surface area contributed by atoms with Crippen molar-refractivity contribution in [1.82, 2.24) is 0 Å². The Morgan fingerprint density at radius 1 is 0.575 bits per heavy atom. The second-order valence-electron chi connectivity index (χ2n) is 9.66. The molecule has 5 rings (SSSR count). The first-order valence-electron chi connectivity index (χ1n) is 13.3. The van der Waals surface area contributed by atoms with Crippen LogP contribution in [0, 0.1) is 0 Å². The van der Waals surface area contributed by atoms with Crippen LogP contribution < -0.4 is 0 Å². The van der Waals surface area contributed by atoms with Gasteiger partial charge in [-0.25, -0.2) is 9.59 Å². The predicted molar refractivity (Wildman–Crippen MR) is 166 cm³/mol. The van der Waals surface area contributed by atoms with E-state index in [-0.39, 0.29) is 11.1 Å². The van der Waals surface area contributed by atoms with Gasteiger partial charge in [-0.3, -0.25) is 0 Å². The van der Waals surface area contributed by atoms with Gasteiger partial charge in [0.1, 0.15) is 0 Å². The lowest BCUT2D eigenvalue weighted by atomic mass is 9.91. The van der Waals surface area contributed by atoms with E-state index in [0.29, 0.717) is 18.4 Å². The Bertz CT molecular complexity index is 1680. The summed E-state index contributed by atoms with van der Waals surface area (Å²) >= 11 is 3.52. The summed E-state index contributed by atoms with van der Waals surface area (Å²) in [5.41, 5.74) is 1.38. The molecule has 0 amide bonds. The van der Waals surface area contributed by atoms with Crippen LogP contribution in [0.4, 0.5) is 0 Å². The van der Waals surface area contributed by atoms with E-state index in [1.165, 1.54) is 37.4 Å². The van der Waals surface area contributed by atoms with Gasteiger partial charge in [-0.2, -0.15) is 0 Å². The van der Waals surface area contributed by atoms with Gasteiger partial charge in [0.15, 0.2) is 0 Å². The highest BCUT2D eigenvalue weighted by atomic mass is 32.2. The Hall–Kier alpha value is -3.74. The number of aryl methyl sites for hydroxylation is 1. The molecule has 0 atom stereocenters. The molecule has 0 aliphatic rings. The van der Waals surface area contributed by atoms with Crippen molar-refractivity contribution < 1.29 is 19.8 Å². The van der Waals surface area contributed by atoms with Crippen LogP contribution in [0.5, 0.6) is 0 Å². The van der Waals surface area contributed by atoms with E-state index < -0.39 is 11.9 Å². The second-order valence-corrected chi connectivity index (χ2v) is 12.0. The minimum atomic E-state index is -1.21. The number of benzene rings is 5.